The number of aliphatic carboxylic acids is 1. The average molecular weight is 364 g/mol. The number of benzene rings is 1. The number of aliphatic imine (C=N–C) groups is 1. The third-order valence-corrected chi connectivity index (χ3v) is 3.84. The highest BCUT2D eigenvalue weighted by Gasteiger charge is 2.24. The zero-order chi connectivity index (χ0) is 18.7. The van der Waals surface area contributed by atoms with Gasteiger partial charge in [0.25, 0.3) is 5.91 Å². The van der Waals surface area contributed by atoms with E-state index in [0.29, 0.717) is 15.8 Å². The highest BCUT2D eigenvalue weighted by molar-refractivity contribution is 6.35. The molecule has 0 aliphatic heterocycles. The minimum absolute atomic E-state index is 0.184. The number of amides is 1. The number of aromatic nitrogens is 1. The Kier molecular flexibility index (Phi) is 5.43. The zero-order valence-electron chi connectivity index (χ0n) is 13.7. The number of nitrogens with two attached hydrogens (primary N) is 2. The maximum absolute atomic E-state index is 12.4. The van der Waals surface area contributed by atoms with Crippen LogP contribution in [0, 0.1) is 5.92 Å². The van der Waals surface area contributed by atoms with Crippen LogP contribution < -0.4 is 16.8 Å². The van der Waals surface area contributed by atoms with Crippen molar-refractivity contribution in [1.29, 1.82) is 0 Å². The van der Waals surface area contributed by atoms with E-state index in [-0.39, 0.29) is 23.3 Å². The number of carboxylic acids is 1. The Morgan fingerprint density at radius 1 is 1.28 bits per heavy atom. The molecule has 1 atom stereocenters. The summed E-state index contributed by atoms with van der Waals surface area (Å²) in [5.41, 5.74) is 11.0. The van der Waals surface area contributed by atoms with E-state index in [1.165, 1.54) is 12.3 Å². The monoisotopic (exact) mass is 363 g/mol. The van der Waals surface area contributed by atoms with Gasteiger partial charge in [0.1, 0.15) is 6.04 Å². The Morgan fingerprint density at radius 2 is 1.96 bits per heavy atom. The summed E-state index contributed by atoms with van der Waals surface area (Å²) in [5, 5.41) is 13.2. The topological polar surface area (TPSA) is 144 Å². The van der Waals surface area contributed by atoms with E-state index in [2.05, 4.69) is 15.3 Å². The van der Waals surface area contributed by atoms with Crippen LogP contribution >= 0.6 is 11.6 Å². The number of carbonyl (C=O) groups excluding carboxylic acids is 1. The molecule has 0 fully saturated rings. The van der Waals surface area contributed by atoms with E-state index < -0.39 is 17.9 Å². The van der Waals surface area contributed by atoms with Crippen LogP contribution in [-0.2, 0) is 4.79 Å². The molecular formula is C16H18ClN5O3. The number of carboxylic acid groups (broad SMARTS) is 1. The van der Waals surface area contributed by atoms with Crippen molar-refractivity contribution in [3.05, 3.63) is 35.0 Å². The van der Waals surface area contributed by atoms with Crippen LogP contribution in [0.1, 0.15) is 24.2 Å². The number of rotatable bonds is 5. The molecule has 1 aromatic heterocycles. The fourth-order valence-corrected chi connectivity index (χ4v) is 2.50. The number of hydrogen-bond donors (Lipinski definition) is 4. The number of carbonyl (C=O) groups is 2. The standard InChI is InChI=1S/C16H18ClN5O3/c1-7(2)12(15(24)25)21-14(23)8-3-4-9-10(5-8)13(22-16(18)19)20-6-11(9)17/h3-7,12H,1-2H3,(H,21,23)(H,24,25)(H4,18,19,20,22). The molecule has 1 unspecified atom stereocenters. The molecule has 132 valence electrons. The van der Waals surface area contributed by atoms with Gasteiger partial charge < -0.3 is 21.9 Å². The van der Waals surface area contributed by atoms with Crippen LogP contribution in [-0.4, -0.2) is 34.0 Å². The van der Waals surface area contributed by atoms with Crippen LogP contribution in [0.3, 0.4) is 0 Å². The number of pyridine rings is 1. The minimum Gasteiger partial charge on any atom is -0.480 e. The van der Waals surface area contributed by atoms with Gasteiger partial charge in [-0.2, -0.15) is 4.99 Å². The Bertz CT molecular complexity index is 862. The van der Waals surface area contributed by atoms with Crippen molar-refractivity contribution in [2.45, 2.75) is 19.9 Å². The van der Waals surface area contributed by atoms with Crippen molar-refractivity contribution in [2.75, 3.05) is 0 Å². The summed E-state index contributed by atoms with van der Waals surface area (Å²) in [4.78, 5) is 31.6. The van der Waals surface area contributed by atoms with E-state index in [1.807, 2.05) is 0 Å². The highest BCUT2D eigenvalue weighted by atomic mass is 35.5. The molecule has 2 rings (SSSR count). The van der Waals surface area contributed by atoms with Gasteiger partial charge in [-0.1, -0.05) is 31.5 Å². The third kappa shape index (κ3) is 4.16. The van der Waals surface area contributed by atoms with Crippen LogP contribution in [0.25, 0.3) is 10.8 Å². The van der Waals surface area contributed by atoms with Gasteiger partial charge in [-0.15, -0.1) is 0 Å². The fraction of sp³-hybridized carbons (Fsp3) is 0.250. The second kappa shape index (κ2) is 7.35. The molecule has 2 aromatic rings. The zero-order valence-corrected chi connectivity index (χ0v) is 14.4. The Morgan fingerprint density at radius 3 is 2.52 bits per heavy atom. The number of halogens is 1. The molecule has 1 heterocycles. The lowest BCUT2D eigenvalue weighted by Gasteiger charge is -2.18. The molecule has 0 spiro atoms. The maximum atomic E-state index is 12.4. The van der Waals surface area contributed by atoms with Gasteiger partial charge in [-0.3, -0.25) is 4.79 Å². The molecule has 0 saturated carbocycles. The number of nitrogens with one attached hydrogen (secondary N) is 1. The van der Waals surface area contributed by atoms with Gasteiger partial charge in [0.2, 0.25) is 0 Å². The largest absolute Gasteiger partial charge is 0.480 e. The van der Waals surface area contributed by atoms with Crippen molar-refractivity contribution in [3.8, 4) is 0 Å². The number of fused-ring (bicyclic) bond motifs is 1. The second-order valence-electron chi connectivity index (χ2n) is 5.76. The summed E-state index contributed by atoms with van der Waals surface area (Å²) in [6.07, 6.45) is 1.41. The Hall–Kier alpha value is -2.87. The first-order valence-electron chi connectivity index (χ1n) is 7.42. The summed E-state index contributed by atoms with van der Waals surface area (Å²) in [6.45, 7) is 3.42. The number of guanidine groups is 1. The first kappa shape index (κ1) is 18.5. The van der Waals surface area contributed by atoms with Gasteiger partial charge in [-0.25, -0.2) is 9.78 Å². The predicted molar refractivity (Wildman–Crippen MR) is 96.0 cm³/mol. The first-order valence-corrected chi connectivity index (χ1v) is 7.80. The minimum atomic E-state index is -1.10. The molecule has 0 aliphatic rings. The lowest BCUT2D eigenvalue weighted by atomic mass is 10.0. The molecular weight excluding hydrogens is 346 g/mol. The van der Waals surface area contributed by atoms with Crippen molar-refractivity contribution >= 4 is 46.0 Å². The van der Waals surface area contributed by atoms with Crippen LogP contribution in [0.15, 0.2) is 29.4 Å². The van der Waals surface area contributed by atoms with Crippen LogP contribution in [0.2, 0.25) is 5.02 Å². The van der Waals surface area contributed by atoms with Crippen molar-refractivity contribution in [1.82, 2.24) is 10.3 Å². The molecule has 1 aromatic carbocycles. The molecule has 8 nitrogen and oxygen atoms in total. The molecule has 6 N–H and O–H groups in total. The quantitative estimate of drug-likeness (QED) is 0.469. The summed E-state index contributed by atoms with van der Waals surface area (Å²) < 4.78 is 0. The Balaban J connectivity index is 2.48. The van der Waals surface area contributed by atoms with Gasteiger partial charge in [0, 0.05) is 22.5 Å². The average Bonchev–Trinajstić information content (AvgIpc) is 2.53. The SMILES string of the molecule is CC(C)C(NC(=O)c1ccc2c(Cl)cnc(N=C(N)N)c2c1)C(=O)O. The second-order valence-corrected chi connectivity index (χ2v) is 6.17. The molecule has 0 aliphatic carbocycles. The molecule has 25 heavy (non-hydrogen) atoms. The van der Waals surface area contributed by atoms with E-state index in [1.54, 1.807) is 26.0 Å². The summed E-state index contributed by atoms with van der Waals surface area (Å²) >= 11 is 6.11. The van der Waals surface area contributed by atoms with E-state index in [9.17, 15) is 14.7 Å². The van der Waals surface area contributed by atoms with E-state index in [0.717, 1.165) is 0 Å². The third-order valence-electron chi connectivity index (χ3n) is 3.53. The first-order chi connectivity index (χ1) is 11.7. The molecule has 0 saturated heterocycles. The van der Waals surface area contributed by atoms with Crippen LogP contribution in [0.4, 0.5) is 5.82 Å². The maximum Gasteiger partial charge on any atom is 0.326 e. The summed E-state index contributed by atoms with van der Waals surface area (Å²) in [6, 6.07) is 3.69. The van der Waals surface area contributed by atoms with E-state index in [4.69, 9.17) is 23.1 Å². The smallest absolute Gasteiger partial charge is 0.326 e. The lowest BCUT2D eigenvalue weighted by molar-refractivity contribution is -0.140. The predicted octanol–water partition coefficient (Wildman–Crippen LogP) is 1.63. The summed E-state index contributed by atoms with van der Waals surface area (Å²) in [5.74, 6) is -1.87. The molecule has 9 heteroatoms. The number of hydrogen-bond acceptors (Lipinski definition) is 4. The van der Waals surface area contributed by atoms with Crippen molar-refractivity contribution < 1.29 is 14.7 Å². The van der Waals surface area contributed by atoms with Crippen molar-refractivity contribution in [3.63, 3.8) is 0 Å². The molecule has 0 radical (unpaired) electrons. The molecule has 0 bridgehead atoms. The van der Waals surface area contributed by atoms with Gasteiger partial charge in [-0.05, 0) is 18.1 Å². The number of nitrogens with zero attached hydrogens (tertiary/aromatic N) is 2. The van der Waals surface area contributed by atoms with E-state index >= 15 is 0 Å². The molecule has 1 amide bonds. The van der Waals surface area contributed by atoms with Crippen LogP contribution in [0.5, 0.6) is 0 Å². The van der Waals surface area contributed by atoms with Gasteiger partial charge in [0.05, 0.1) is 5.02 Å². The normalized spacial score (nSPS) is 12.0. The van der Waals surface area contributed by atoms with Crippen molar-refractivity contribution in [2.24, 2.45) is 22.4 Å². The Labute approximate surface area is 148 Å². The summed E-state index contributed by atoms with van der Waals surface area (Å²) in [7, 11) is 0. The lowest BCUT2D eigenvalue weighted by Crippen LogP contribution is -2.44. The van der Waals surface area contributed by atoms with Gasteiger partial charge in [0.15, 0.2) is 11.8 Å². The van der Waals surface area contributed by atoms with Gasteiger partial charge >= 0.3 is 5.97 Å². The highest BCUT2D eigenvalue weighted by Crippen LogP contribution is 2.30. The fourth-order valence-electron chi connectivity index (χ4n) is 2.29.